The Balaban J connectivity index is 0. The molecule has 1 atom stereocenters. The van der Waals surface area contributed by atoms with E-state index < -0.39 is 10.2 Å². The average Bonchev–Trinajstić information content (AvgIpc) is 1.62. The third-order valence-corrected chi connectivity index (χ3v) is 1.45. The number of hydrogen-bond acceptors (Lipinski definition) is 3. The molecular formula is C3H12ClN3O2S. The zero-order valence-corrected chi connectivity index (χ0v) is 7.21. The van der Waals surface area contributed by atoms with E-state index >= 15 is 0 Å². The van der Waals surface area contributed by atoms with Crippen molar-refractivity contribution < 1.29 is 8.42 Å². The lowest BCUT2D eigenvalue weighted by molar-refractivity contribution is 0.564. The molecule has 0 aliphatic rings. The number of hydrogen-bond donors (Lipinski definition) is 3. The molecule has 10 heavy (non-hydrogen) atoms. The highest BCUT2D eigenvalue weighted by molar-refractivity contribution is 7.87. The van der Waals surface area contributed by atoms with Crippen molar-refractivity contribution in [3.8, 4) is 0 Å². The highest BCUT2D eigenvalue weighted by atomic mass is 35.5. The van der Waals surface area contributed by atoms with Crippen LogP contribution >= 0.6 is 12.4 Å². The van der Waals surface area contributed by atoms with E-state index in [1.807, 2.05) is 0 Å². The lowest BCUT2D eigenvalue weighted by Crippen LogP contribution is -2.41. The molecule has 0 bridgehead atoms. The molecule has 0 aromatic carbocycles. The van der Waals surface area contributed by atoms with Gasteiger partial charge in [0.1, 0.15) is 0 Å². The molecular weight excluding hydrogens is 178 g/mol. The molecule has 0 unspecified atom stereocenters. The van der Waals surface area contributed by atoms with Gasteiger partial charge in [-0.05, 0) is 6.92 Å². The van der Waals surface area contributed by atoms with E-state index in [1.54, 1.807) is 6.92 Å². The van der Waals surface area contributed by atoms with Crippen LogP contribution in [0.5, 0.6) is 0 Å². The quantitative estimate of drug-likeness (QED) is 0.507. The Morgan fingerprint density at radius 2 is 2.00 bits per heavy atom. The first-order valence-electron chi connectivity index (χ1n) is 2.46. The molecule has 0 heterocycles. The minimum Gasteiger partial charge on any atom is -0.329 e. The maximum Gasteiger partial charge on any atom is 0.274 e. The van der Waals surface area contributed by atoms with E-state index in [-0.39, 0.29) is 25.0 Å². The fourth-order valence-corrected chi connectivity index (χ4v) is 0.986. The number of rotatable bonds is 3. The summed E-state index contributed by atoms with van der Waals surface area (Å²) in [4.78, 5) is 0. The van der Waals surface area contributed by atoms with Crippen LogP contribution in [0.2, 0.25) is 0 Å². The van der Waals surface area contributed by atoms with Gasteiger partial charge in [0.05, 0.1) is 0 Å². The molecule has 0 aromatic heterocycles. The van der Waals surface area contributed by atoms with Crippen LogP contribution in [0.4, 0.5) is 0 Å². The number of nitrogens with two attached hydrogens (primary N) is 2. The third-order valence-electron chi connectivity index (χ3n) is 0.719. The molecule has 5 nitrogen and oxygen atoms in total. The highest BCUT2D eigenvalue weighted by Gasteiger charge is 2.05. The Morgan fingerprint density at radius 3 is 2.10 bits per heavy atom. The van der Waals surface area contributed by atoms with Gasteiger partial charge in [0.15, 0.2) is 0 Å². The van der Waals surface area contributed by atoms with Crippen molar-refractivity contribution in [3.63, 3.8) is 0 Å². The van der Waals surface area contributed by atoms with E-state index in [2.05, 4.69) is 9.86 Å². The van der Waals surface area contributed by atoms with Crippen LogP contribution < -0.4 is 15.6 Å². The second kappa shape index (κ2) is 4.86. The SMILES string of the molecule is C[C@H](CN)NS(N)(=O)=O.Cl. The van der Waals surface area contributed by atoms with E-state index in [9.17, 15) is 8.42 Å². The van der Waals surface area contributed by atoms with Gasteiger partial charge in [-0.25, -0.2) is 5.14 Å². The zero-order valence-electron chi connectivity index (χ0n) is 5.57. The molecule has 0 spiro atoms. The van der Waals surface area contributed by atoms with Gasteiger partial charge < -0.3 is 5.73 Å². The first kappa shape index (κ1) is 12.8. The first-order valence-corrected chi connectivity index (χ1v) is 4.00. The van der Waals surface area contributed by atoms with Gasteiger partial charge >= 0.3 is 0 Å². The summed E-state index contributed by atoms with van der Waals surface area (Å²) in [6.45, 7) is 1.88. The minimum atomic E-state index is -3.57. The molecule has 0 aliphatic carbocycles. The molecule has 0 fully saturated rings. The van der Waals surface area contributed by atoms with Crippen LogP contribution in [0.1, 0.15) is 6.92 Å². The van der Waals surface area contributed by atoms with Gasteiger partial charge in [0.2, 0.25) is 0 Å². The summed E-state index contributed by atoms with van der Waals surface area (Å²) < 4.78 is 22.5. The normalized spacial score (nSPS) is 13.9. The van der Waals surface area contributed by atoms with Crippen molar-refractivity contribution >= 4 is 22.6 Å². The maximum absolute atomic E-state index is 10.2. The van der Waals surface area contributed by atoms with Gasteiger partial charge in [-0.15, -0.1) is 12.4 Å². The zero-order chi connectivity index (χ0) is 7.49. The van der Waals surface area contributed by atoms with Crippen LogP contribution in [0.3, 0.4) is 0 Å². The van der Waals surface area contributed by atoms with E-state index in [1.165, 1.54) is 0 Å². The average molecular weight is 190 g/mol. The summed E-state index contributed by atoms with van der Waals surface area (Å²) in [6.07, 6.45) is 0. The smallest absolute Gasteiger partial charge is 0.274 e. The lowest BCUT2D eigenvalue weighted by Gasteiger charge is -2.06. The minimum absolute atomic E-state index is 0. The first-order chi connectivity index (χ1) is 3.95. The van der Waals surface area contributed by atoms with Gasteiger partial charge in [0, 0.05) is 12.6 Å². The Morgan fingerprint density at radius 1 is 1.60 bits per heavy atom. The van der Waals surface area contributed by atoms with Gasteiger partial charge in [0.25, 0.3) is 10.2 Å². The van der Waals surface area contributed by atoms with E-state index in [0.29, 0.717) is 0 Å². The van der Waals surface area contributed by atoms with Crippen LogP contribution in [0, 0.1) is 0 Å². The second-order valence-electron chi connectivity index (χ2n) is 1.80. The van der Waals surface area contributed by atoms with Crippen LogP contribution in [-0.2, 0) is 10.2 Å². The Labute approximate surface area is 66.7 Å². The molecule has 7 heteroatoms. The summed E-state index contributed by atoms with van der Waals surface area (Å²) in [6, 6.07) is -0.292. The highest BCUT2D eigenvalue weighted by Crippen LogP contribution is 1.76. The molecule has 0 radical (unpaired) electrons. The van der Waals surface area contributed by atoms with Crippen molar-refractivity contribution in [2.24, 2.45) is 10.9 Å². The lowest BCUT2D eigenvalue weighted by atomic mass is 10.4. The van der Waals surface area contributed by atoms with Crippen molar-refractivity contribution in [3.05, 3.63) is 0 Å². The van der Waals surface area contributed by atoms with Gasteiger partial charge in [-0.3, -0.25) is 0 Å². The predicted octanol–water partition coefficient (Wildman–Crippen LogP) is -1.45. The molecule has 64 valence electrons. The Bertz CT molecular complexity index is 169. The predicted molar refractivity (Wildman–Crippen MR) is 42.0 cm³/mol. The molecule has 0 aliphatic heterocycles. The Kier molecular flexibility index (Phi) is 6.21. The number of halogens is 1. The molecule has 5 N–H and O–H groups in total. The standard InChI is InChI=1S/C3H11N3O2S.ClH/c1-3(2-4)6-9(5,7)8;/h3,6H,2,4H2,1H3,(H2,5,7,8);1H/t3-;/m1./s1. The summed E-state index contributed by atoms with van der Waals surface area (Å²) in [5.74, 6) is 0. The largest absolute Gasteiger partial charge is 0.329 e. The summed E-state index contributed by atoms with van der Waals surface area (Å²) in [5, 5.41) is 4.62. The summed E-state index contributed by atoms with van der Waals surface area (Å²) in [7, 11) is -3.57. The van der Waals surface area contributed by atoms with Crippen LogP contribution in [0.15, 0.2) is 0 Å². The molecule has 0 amide bonds. The summed E-state index contributed by atoms with van der Waals surface area (Å²) in [5.41, 5.74) is 5.10. The molecule has 0 saturated carbocycles. The molecule has 0 rings (SSSR count). The molecule has 0 aromatic rings. The van der Waals surface area contributed by atoms with E-state index in [0.717, 1.165) is 0 Å². The monoisotopic (exact) mass is 189 g/mol. The molecule has 0 saturated heterocycles. The fraction of sp³-hybridized carbons (Fsp3) is 1.00. The Hall–Kier alpha value is 0.120. The number of nitrogens with one attached hydrogen (secondary N) is 1. The van der Waals surface area contributed by atoms with Crippen molar-refractivity contribution in [2.45, 2.75) is 13.0 Å². The van der Waals surface area contributed by atoms with Crippen molar-refractivity contribution in [1.29, 1.82) is 0 Å². The second-order valence-corrected chi connectivity index (χ2v) is 3.13. The summed E-state index contributed by atoms with van der Waals surface area (Å²) >= 11 is 0. The van der Waals surface area contributed by atoms with Gasteiger partial charge in [-0.2, -0.15) is 13.1 Å². The topological polar surface area (TPSA) is 98.2 Å². The maximum atomic E-state index is 10.2. The van der Waals surface area contributed by atoms with Crippen LogP contribution in [0.25, 0.3) is 0 Å². The van der Waals surface area contributed by atoms with Crippen LogP contribution in [-0.4, -0.2) is 21.0 Å². The van der Waals surface area contributed by atoms with Gasteiger partial charge in [-0.1, -0.05) is 0 Å². The fourth-order valence-electron chi connectivity index (χ4n) is 0.329. The van der Waals surface area contributed by atoms with Crippen molar-refractivity contribution in [1.82, 2.24) is 4.72 Å². The third kappa shape index (κ3) is 8.12. The van der Waals surface area contributed by atoms with E-state index in [4.69, 9.17) is 5.73 Å². The van der Waals surface area contributed by atoms with Crippen molar-refractivity contribution in [2.75, 3.05) is 6.54 Å².